The molecule has 4 N–H and O–H groups in total. The van der Waals surface area contributed by atoms with Gasteiger partial charge in [-0.2, -0.15) is 0 Å². The Morgan fingerprint density at radius 1 is 0.704 bits per heavy atom. The lowest BCUT2D eigenvalue weighted by Crippen LogP contribution is -2.12. The van der Waals surface area contributed by atoms with Gasteiger partial charge in [-0.1, -0.05) is 31.9 Å². The molecular formula is C20H16Br2O5. The maximum atomic E-state index is 12.9. The van der Waals surface area contributed by atoms with Gasteiger partial charge in [-0.25, -0.2) is 0 Å². The van der Waals surface area contributed by atoms with Crippen molar-refractivity contribution in [2.75, 3.05) is 0 Å². The largest absolute Gasteiger partial charge is 0.504 e. The number of rotatable bonds is 2. The third-order valence-corrected chi connectivity index (χ3v) is 5.70. The van der Waals surface area contributed by atoms with Gasteiger partial charge in [0.05, 0.1) is 0 Å². The highest BCUT2D eigenvalue weighted by Gasteiger charge is 2.21. The van der Waals surface area contributed by atoms with Crippen molar-refractivity contribution in [2.24, 2.45) is 0 Å². The van der Waals surface area contributed by atoms with Gasteiger partial charge in [0.2, 0.25) is 0 Å². The zero-order valence-electron chi connectivity index (χ0n) is 14.0. The first-order valence-corrected chi connectivity index (χ1v) is 9.73. The van der Waals surface area contributed by atoms with Crippen LogP contribution in [0.3, 0.4) is 0 Å². The smallest absolute Gasteiger partial charge is 0.185 e. The lowest BCUT2D eigenvalue weighted by atomic mass is 9.87. The Morgan fingerprint density at radius 2 is 1.07 bits per heavy atom. The summed E-state index contributed by atoms with van der Waals surface area (Å²) >= 11 is 6.64. The van der Waals surface area contributed by atoms with E-state index >= 15 is 0 Å². The molecule has 1 saturated carbocycles. The number of halogens is 2. The van der Waals surface area contributed by atoms with Gasteiger partial charge < -0.3 is 20.4 Å². The lowest BCUT2D eigenvalue weighted by Gasteiger charge is -2.17. The number of hydrogen-bond donors (Lipinski definition) is 4. The molecule has 0 atom stereocenters. The molecule has 1 aliphatic rings. The Balaban J connectivity index is 1.97. The van der Waals surface area contributed by atoms with Crippen LogP contribution >= 0.6 is 31.9 Å². The number of Topliss-reactive ketones (excluding diaryl/α,β-unsaturated/α-hetero) is 1. The van der Waals surface area contributed by atoms with E-state index in [0.29, 0.717) is 44.1 Å². The van der Waals surface area contributed by atoms with Crippen LogP contribution in [0.15, 0.2) is 44.4 Å². The van der Waals surface area contributed by atoms with Crippen LogP contribution in [0.25, 0.3) is 12.2 Å². The Morgan fingerprint density at radius 3 is 1.48 bits per heavy atom. The zero-order chi connectivity index (χ0) is 19.7. The molecule has 5 nitrogen and oxygen atoms in total. The number of phenolic OH excluding ortho intramolecular Hbond substituents is 4. The minimum Gasteiger partial charge on any atom is -0.504 e. The van der Waals surface area contributed by atoms with E-state index < -0.39 is 0 Å². The highest BCUT2D eigenvalue weighted by molar-refractivity contribution is 9.10. The highest BCUT2D eigenvalue weighted by Crippen LogP contribution is 2.36. The molecule has 0 unspecified atom stereocenters. The topological polar surface area (TPSA) is 98.0 Å². The van der Waals surface area contributed by atoms with E-state index in [2.05, 4.69) is 31.9 Å². The van der Waals surface area contributed by atoms with Crippen LogP contribution in [0.5, 0.6) is 23.0 Å². The molecule has 0 heterocycles. The fourth-order valence-corrected chi connectivity index (χ4v) is 3.80. The maximum absolute atomic E-state index is 12.9. The van der Waals surface area contributed by atoms with Crippen LogP contribution in [0.2, 0.25) is 0 Å². The molecular weight excluding hydrogens is 480 g/mol. The van der Waals surface area contributed by atoms with Crippen molar-refractivity contribution in [3.63, 3.8) is 0 Å². The van der Waals surface area contributed by atoms with Crippen molar-refractivity contribution in [1.29, 1.82) is 0 Å². The lowest BCUT2D eigenvalue weighted by molar-refractivity contribution is -0.112. The summed E-state index contributed by atoms with van der Waals surface area (Å²) in [5, 5.41) is 38.5. The third kappa shape index (κ3) is 4.20. The standard InChI is InChI=1S/C20H16Br2O5/c21-14-8-18(25)16(23)6-12(14)4-10-2-1-3-11(20(10)27)5-13-7-17(24)19(26)9-15(13)22/h4-9,23-26H,1-3H2/b10-4+,11-5+. The molecule has 0 aromatic heterocycles. The van der Waals surface area contributed by atoms with Crippen LogP contribution in [0.4, 0.5) is 0 Å². The predicted molar refractivity (Wildman–Crippen MR) is 110 cm³/mol. The molecule has 0 spiro atoms. The molecule has 140 valence electrons. The van der Waals surface area contributed by atoms with Crippen LogP contribution < -0.4 is 0 Å². The summed E-state index contributed by atoms with van der Waals surface area (Å²) in [5.74, 6) is -1.10. The fourth-order valence-electron chi connectivity index (χ4n) is 2.91. The number of allylic oxidation sites excluding steroid dienone is 2. The van der Waals surface area contributed by atoms with Gasteiger partial charge in [0.1, 0.15) is 0 Å². The van der Waals surface area contributed by atoms with E-state index in [-0.39, 0.29) is 28.8 Å². The zero-order valence-corrected chi connectivity index (χ0v) is 17.2. The predicted octanol–water partition coefficient (Wildman–Crippen LogP) is 5.25. The molecule has 2 aromatic carbocycles. The van der Waals surface area contributed by atoms with E-state index in [1.807, 2.05) is 0 Å². The maximum Gasteiger partial charge on any atom is 0.185 e. The number of carbonyl (C=O) groups is 1. The van der Waals surface area contributed by atoms with Gasteiger partial charge in [0.25, 0.3) is 0 Å². The van der Waals surface area contributed by atoms with Crippen molar-refractivity contribution < 1.29 is 25.2 Å². The number of benzene rings is 2. The molecule has 27 heavy (non-hydrogen) atoms. The van der Waals surface area contributed by atoms with Crippen molar-refractivity contribution >= 4 is 49.8 Å². The average molecular weight is 496 g/mol. The van der Waals surface area contributed by atoms with Crippen LogP contribution in [-0.4, -0.2) is 26.2 Å². The second kappa shape index (κ2) is 7.78. The summed E-state index contributed by atoms with van der Waals surface area (Å²) in [6, 6.07) is 5.54. The molecule has 1 fully saturated rings. The summed E-state index contributed by atoms with van der Waals surface area (Å²) in [6.45, 7) is 0. The van der Waals surface area contributed by atoms with Gasteiger partial charge in [-0.3, -0.25) is 4.79 Å². The summed E-state index contributed by atoms with van der Waals surface area (Å²) < 4.78 is 1.14. The number of carbonyl (C=O) groups excluding carboxylic acids is 1. The Kier molecular flexibility index (Phi) is 5.62. The van der Waals surface area contributed by atoms with Gasteiger partial charge in [0.15, 0.2) is 28.8 Å². The summed E-state index contributed by atoms with van der Waals surface area (Å²) in [6.07, 6.45) is 5.38. The number of phenols is 4. The molecule has 7 heteroatoms. The fraction of sp³-hybridized carbons (Fsp3) is 0.150. The highest BCUT2D eigenvalue weighted by atomic mass is 79.9. The molecule has 0 radical (unpaired) electrons. The number of hydrogen-bond acceptors (Lipinski definition) is 5. The first-order valence-electron chi connectivity index (χ1n) is 8.15. The number of aromatic hydroxyl groups is 4. The number of ketones is 1. The Hall–Kier alpha value is -2.25. The second-order valence-corrected chi connectivity index (χ2v) is 7.96. The molecule has 0 amide bonds. The van der Waals surface area contributed by atoms with Crippen molar-refractivity contribution in [3.8, 4) is 23.0 Å². The van der Waals surface area contributed by atoms with Crippen LogP contribution in [0.1, 0.15) is 30.4 Å². The van der Waals surface area contributed by atoms with Gasteiger partial charge >= 0.3 is 0 Å². The van der Waals surface area contributed by atoms with Gasteiger partial charge in [0, 0.05) is 20.1 Å². The third-order valence-electron chi connectivity index (χ3n) is 4.32. The van der Waals surface area contributed by atoms with Crippen molar-refractivity contribution in [1.82, 2.24) is 0 Å². The van der Waals surface area contributed by atoms with Gasteiger partial charge in [-0.15, -0.1) is 0 Å². The van der Waals surface area contributed by atoms with E-state index in [1.54, 1.807) is 12.2 Å². The normalized spacial score (nSPS) is 17.6. The molecule has 0 aliphatic heterocycles. The summed E-state index contributed by atoms with van der Waals surface area (Å²) in [5.41, 5.74) is 2.38. The van der Waals surface area contributed by atoms with E-state index in [1.165, 1.54) is 24.3 Å². The average Bonchev–Trinajstić information content (AvgIpc) is 2.60. The Labute approximate surface area is 172 Å². The van der Waals surface area contributed by atoms with Crippen molar-refractivity contribution in [3.05, 3.63) is 55.5 Å². The van der Waals surface area contributed by atoms with E-state index in [0.717, 1.165) is 6.42 Å². The molecule has 0 bridgehead atoms. The first-order chi connectivity index (χ1) is 12.8. The quantitative estimate of drug-likeness (QED) is 0.336. The van der Waals surface area contributed by atoms with E-state index in [4.69, 9.17) is 0 Å². The monoisotopic (exact) mass is 494 g/mol. The second-order valence-electron chi connectivity index (χ2n) is 6.25. The SMILES string of the molecule is O=C1/C(=C/c2cc(O)c(O)cc2Br)CCC/C1=C\c1cc(O)c(O)cc1Br. The van der Waals surface area contributed by atoms with Crippen LogP contribution in [-0.2, 0) is 4.79 Å². The van der Waals surface area contributed by atoms with E-state index in [9.17, 15) is 25.2 Å². The first kappa shape index (κ1) is 19.5. The minimum absolute atomic E-state index is 0.111. The van der Waals surface area contributed by atoms with Crippen molar-refractivity contribution in [2.45, 2.75) is 19.3 Å². The minimum atomic E-state index is -0.257. The molecule has 3 rings (SSSR count). The molecule has 2 aromatic rings. The molecule has 1 aliphatic carbocycles. The summed E-state index contributed by atoms with van der Waals surface area (Å²) in [4.78, 5) is 12.9. The molecule has 0 saturated heterocycles. The van der Waals surface area contributed by atoms with Gasteiger partial charge in [-0.05, 0) is 66.8 Å². The Bertz CT molecular complexity index is 915. The van der Waals surface area contributed by atoms with Crippen LogP contribution in [0, 0.1) is 0 Å². The summed E-state index contributed by atoms with van der Waals surface area (Å²) in [7, 11) is 0.